The molecule has 1 heterocycles. The first-order valence-corrected chi connectivity index (χ1v) is 7.38. The van der Waals surface area contributed by atoms with Gasteiger partial charge in [-0.15, -0.1) is 0 Å². The molecule has 1 aromatic heterocycles. The molecule has 2 nitrogen and oxygen atoms in total. The topological polar surface area (TPSA) is 24.9 Å². The fourth-order valence-electron chi connectivity index (χ4n) is 2.15. The van der Waals surface area contributed by atoms with Gasteiger partial charge in [-0.2, -0.15) is 0 Å². The van der Waals surface area contributed by atoms with Crippen LogP contribution < -0.4 is 5.32 Å². The Balaban J connectivity index is 2.02. The summed E-state index contributed by atoms with van der Waals surface area (Å²) in [7, 11) is 0. The van der Waals surface area contributed by atoms with Gasteiger partial charge in [0.2, 0.25) is 0 Å². The summed E-state index contributed by atoms with van der Waals surface area (Å²) in [6, 6.07) is 14.9. The van der Waals surface area contributed by atoms with E-state index in [1.807, 2.05) is 6.20 Å². The third-order valence-electron chi connectivity index (χ3n) is 3.09. The van der Waals surface area contributed by atoms with E-state index in [-0.39, 0.29) is 0 Å². The van der Waals surface area contributed by atoms with E-state index in [2.05, 4.69) is 59.7 Å². The van der Waals surface area contributed by atoms with Gasteiger partial charge in [0.1, 0.15) is 0 Å². The third kappa shape index (κ3) is 2.47. The SMILES string of the molecule is CCCNc1ncc(-c2cccc3ccccc23)s1. The van der Waals surface area contributed by atoms with E-state index in [0.717, 1.165) is 18.1 Å². The smallest absolute Gasteiger partial charge is 0.183 e. The van der Waals surface area contributed by atoms with Crippen molar-refractivity contribution in [2.45, 2.75) is 13.3 Å². The standard InChI is InChI=1S/C16H16N2S/c1-2-10-17-16-18-11-15(19-16)14-9-5-7-12-6-3-4-8-13(12)14/h3-9,11H,2,10H2,1H3,(H,17,18). The van der Waals surface area contributed by atoms with Gasteiger partial charge in [0.05, 0.1) is 4.88 Å². The molecule has 1 N–H and O–H groups in total. The van der Waals surface area contributed by atoms with Crippen LogP contribution in [0.3, 0.4) is 0 Å². The van der Waals surface area contributed by atoms with Gasteiger partial charge >= 0.3 is 0 Å². The summed E-state index contributed by atoms with van der Waals surface area (Å²) in [5.74, 6) is 0. The predicted octanol–water partition coefficient (Wildman–Crippen LogP) is 4.79. The van der Waals surface area contributed by atoms with E-state index in [9.17, 15) is 0 Å². The zero-order valence-electron chi connectivity index (χ0n) is 10.9. The molecule has 3 heteroatoms. The van der Waals surface area contributed by atoms with E-state index in [1.54, 1.807) is 11.3 Å². The Hall–Kier alpha value is -1.87. The van der Waals surface area contributed by atoms with E-state index in [4.69, 9.17) is 0 Å². The highest BCUT2D eigenvalue weighted by molar-refractivity contribution is 7.19. The van der Waals surface area contributed by atoms with Gasteiger partial charge in [-0.1, -0.05) is 60.7 Å². The molecule has 0 aliphatic rings. The van der Waals surface area contributed by atoms with Crippen molar-refractivity contribution >= 4 is 27.2 Å². The largest absolute Gasteiger partial charge is 0.362 e. The first-order chi connectivity index (χ1) is 9.38. The lowest BCUT2D eigenvalue weighted by atomic mass is 10.0. The second kappa shape index (κ2) is 5.41. The highest BCUT2D eigenvalue weighted by Gasteiger charge is 2.07. The Morgan fingerprint density at radius 1 is 1.11 bits per heavy atom. The molecule has 0 atom stereocenters. The van der Waals surface area contributed by atoms with E-state index >= 15 is 0 Å². The van der Waals surface area contributed by atoms with E-state index < -0.39 is 0 Å². The van der Waals surface area contributed by atoms with E-state index in [1.165, 1.54) is 21.2 Å². The van der Waals surface area contributed by atoms with Crippen LogP contribution in [0.15, 0.2) is 48.7 Å². The maximum atomic E-state index is 4.44. The van der Waals surface area contributed by atoms with Crippen molar-refractivity contribution in [2.24, 2.45) is 0 Å². The van der Waals surface area contributed by atoms with Crippen LogP contribution in [0.4, 0.5) is 5.13 Å². The summed E-state index contributed by atoms with van der Waals surface area (Å²) in [5.41, 5.74) is 1.26. The quantitative estimate of drug-likeness (QED) is 0.736. The molecular weight excluding hydrogens is 252 g/mol. The number of nitrogens with one attached hydrogen (secondary N) is 1. The Bertz CT molecular complexity index is 683. The maximum Gasteiger partial charge on any atom is 0.183 e. The van der Waals surface area contributed by atoms with Crippen LogP contribution in [0.25, 0.3) is 21.2 Å². The summed E-state index contributed by atoms with van der Waals surface area (Å²) in [5, 5.41) is 6.91. The summed E-state index contributed by atoms with van der Waals surface area (Å²) in [6.07, 6.45) is 3.08. The molecule has 3 rings (SSSR count). The van der Waals surface area contributed by atoms with Crippen molar-refractivity contribution in [3.63, 3.8) is 0 Å². The van der Waals surface area contributed by atoms with Gasteiger partial charge in [-0.3, -0.25) is 0 Å². The molecule has 96 valence electrons. The zero-order valence-corrected chi connectivity index (χ0v) is 11.7. The molecule has 0 aliphatic heterocycles. The van der Waals surface area contributed by atoms with Crippen LogP contribution in [-0.2, 0) is 0 Å². The zero-order chi connectivity index (χ0) is 13.1. The molecule has 0 unspecified atom stereocenters. The highest BCUT2D eigenvalue weighted by Crippen LogP contribution is 2.33. The molecule has 0 radical (unpaired) electrons. The number of hydrogen-bond donors (Lipinski definition) is 1. The fourth-order valence-corrected chi connectivity index (χ4v) is 3.03. The minimum atomic E-state index is 0.975. The first-order valence-electron chi connectivity index (χ1n) is 6.56. The molecule has 0 spiro atoms. The number of aromatic nitrogens is 1. The second-order valence-electron chi connectivity index (χ2n) is 4.48. The van der Waals surface area contributed by atoms with Crippen LogP contribution >= 0.6 is 11.3 Å². The third-order valence-corrected chi connectivity index (χ3v) is 4.08. The van der Waals surface area contributed by atoms with Gasteiger partial charge in [0, 0.05) is 18.3 Å². The van der Waals surface area contributed by atoms with Gasteiger partial charge in [0.25, 0.3) is 0 Å². The van der Waals surface area contributed by atoms with Gasteiger partial charge in [-0.05, 0) is 17.2 Å². The second-order valence-corrected chi connectivity index (χ2v) is 5.51. The van der Waals surface area contributed by atoms with E-state index in [0.29, 0.717) is 0 Å². The van der Waals surface area contributed by atoms with Crippen molar-refractivity contribution in [1.29, 1.82) is 0 Å². The van der Waals surface area contributed by atoms with Crippen LogP contribution in [0.5, 0.6) is 0 Å². The molecule has 0 bridgehead atoms. The molecule has 0 fully saturated rings. The Morgan fingerprint density at radius 2 is 1.95 bits per heavy atom. The summed E-state index contributed by atoms with van der Waals surface area (Å²) in [6.45, 7) is 3.13. The number of thiazole rings is 1. The maximum absolute atomic E-state index is 4.44. The lowest BCUT2D eigenvalue weighted by molar-refractivity contribution is 0.976. The molecule has 2 aromatic carbocycles. The number of rotatable bonds is 4. The van der Waals surface area contributed by atoms with Gasteiger partial charge in [0.15, 0.2) is 5.13 Å². The molecule has 0 amide bonds. The van der Waals surface area contributed by atoms with Crippen molar-refractivity contribution in [2.75, 3.05) is 11.9 Å². The molecule has 19 heavy (non-hydrogen) atoms. The normalized spacial score (nSPS) is 10.8. The Kier molecular flexibility index (Phi) is 3.47. The van der Waals surface area contributed by atoms with Gasteiger partial charge in [-0.25, -0.2) is 4.98 Å². The molecule has 3 aromatic rings. The van der Waals surface area contributed by atoms with Crippen molar-refractivity contribution < 1.29 is 0 Å². The first kappa shape index (κ1) is 12.2. The van der Waals surface area contributed by atoms with Crippen LogP contribution in [0, 0.1) is 0 Å². The predicted molar refractivity (Wildman–Crippen MR) is 83.8 cm³/mol. The molecule has 0 saturated carbocycles. The number of nitrogens with zero attached hydrogens (tertiary/aromatic N) is 1. The lowest BCUT2D eigenvalue weighted by Crippen LogP contribution is -1.97. The van der Waals surface area contributed by atoms with Gasteiger partial charge < -0.3 is 5.32 Å². The van der Waals surface area contributed by atoms with Crippen LogP contribution in [0.2, 0.25) is 0 Å². The van der Waals surface area contributed by atoms with Crippen LogP contribution in [0.1, 0.15) is 13.3 Å². The average molecular weight is 268 g/mol. The number of fused-ring (bicyclic) bond motifs is 1. The lowest BCUT2D eigenvalue weighted by Gasteiger charge is -2.03. The van der Waals surface area contributed by atoms with Crippen molar-refractivity contribution in [3.05, 3.63) is 48.7 Å². The monoisotopic (exact) mass is 268 g/mol. The molecular formula is C16H16N2S. The van der Waals surface area contributed by atoms with Crippen molar-refractivity contribution in [3.8, 4) is 10.4 Å². The van der Waals surface area contributed by atoms with Crippen molar-refractivity contribution in [1.82, 2.24) is 4.98 Å². The van der Waals surface area contributed by atoms with Crippen LogP contribution in [-0.4, -0.2) is 11.5 Å². The average Bonchev–Trinajstić information content (AvgIpc) is 2.93. The molecule has 0 aliphatic carbocycles. The number of anilines is 1. The summed E-state index contributed by atoms with van der Waals surface area (Å²) in [4.78, 5) is 5.66. The Morgan fingerprint density at radius 3 is 2.84 bits per heavy atom. The number of hydrogen-bond acceptors (Lipinski definition) is 3. The Labute approximate surface area is 117 Å². The summed E-state index contributed by atoms with van der Waals surface area (Å²) >= 11 is 1.72. The minimum Gasteiger partial charge on any atom is -0.362 e. The highest BCUT2D eigenvalue weighted by atomic mass is 32.1. The summed E-state index contributed by atoms with van der Waals surface area (Å²) < 4.78 is 0. The number of benzene rings is 2. The molecule has 0 saturated heterocycles. The fraction of sp³-hybridized carbons (Fsp3) is 0.188. The minimum absolute atomic E-state index is 0.975.